The first-order chi connectivity index (χ1) is 10.9. The van der Waals surface area contributed by atoms with Crippen molar-refractivity contribution in [2.45, 2.75) is 25.3 Å². The Labute approximate surface area is 138 Å². The molecule has 2 rings (SSSR count). The molecule has 0 aromatic carbocycles. The standard InChI is InChI=1S/C14H21N5O3S/c1-14(18-11(20)5-10-7-23-9-17-10)3-4-19(8-14)12(21)6-16-13(22)15-2/h7,9H,3-6,8H2,1-2H3,(H,18,20)(H2,15,16,22). The van der Waals surface area contributed by atoms with Gasteiger partial charge in [0, 0.05) is 25.5 Å². The molecular weight excluding hydrogens is 318 g/mol. The minimum absolute atomic E-state index is 0.0531. The van der Waals surface area contributed by atoms with E-state index in [0.717, 1.165) is 5.69 Å². The van der Waals surface area contributed by atoms with Crippen LogP contribution in [0.1, 0.15) is 19.0 Å². The van der Waals surface area contributed by atoms with Crippen molar-refractivity contribution >= 4 is 29.2 Å². The summed E-state index contributed by atoms with van der Waals surface area (Å²) in [5.41, 5.74) is 1.99. The van der Waals surface area contributed by atoms with E-state index in [4.69, 9.17) is 0 Å². The van der Waals surface area contributed by atoms with Gasteiger partial charge in [-0.1, -0.05) is 0 Å². The average Bonchev–Trinajstić information content (AvgIpc) is 3.14. The van der Waals surface area contributed by atoms with E-state index >= 15 is 0 Å². The van der Waals surface area contributed by atoms with Crippen LogP contribution in [0, 0.1) is 0 Å². The number of aromatic nitrogens is 1. The number of nitrogens with one attached hydrogen (secondary N) is 3. The van der Waals surface area contributed by atoms with Gasteiger partial charge in [-0.3, -0.25) is 9.59 Å². The van der Waals surface area contributed by atoms with Crippen LogP contribution in [-0.2, 0) is 16.0 Å². The van der Waals surface area contributed by atoms with Crippen LogP contribution in [-0.4, -0.2) is 60.0 Å². The van der Waals surface area contributed by atoms with Gasteiger partial charge in [-0.25, -0.2) is 9.78 Å². The molecule has 3 N–H and O–H groups in total. The molecule has 23 heavy (non-hydrogen) atoms. The molecule has 1 fully saturated rings. The first-order valence-corrected chi connectivity index (χ1v) is 8.27. The largest absolute Gasteiger partial charge is 0.349 e. The van der Waals surface area contributed by atoms with Gasteiger partial charge < -0.3 is 20.9 Å². The van der Waals surface area contributed by atoms with E-state index in [1.165, 1.54) is 18.4 Å². The summed E-state index contributed by atoms with van der Waals surface area (Å²) in [6.45, 7) is 2.86. The van der Waals surface area contributed by atoms with Gasteiger partial charge in [0.1, 0.15) is 0 Å². The number of thiazole rings is 1. The zero-order valence-electron chi connectivity index (χ0n) is 13.2. The molecule has 126 valence electrons. The highest BCUT2D eigenvalue weighted by Crippen LogP contribution is 2.21. The third kappa shape index (κ3) is 4.92. The fourth-order valence-corrected chi connectivity index (χ4v) is 3.06. The molecule has 1 aromatic heterocycles. The van der Waals surface area contributed by atoms with Crippen molar-refractivity contribution < 1.29 is 14.4 Å². The summed E-state index contributed by atoms with van der Waals surface area (Å²) in [6.07, 6.45) is 0.923. The Morgan fingerprint density at radius 1 is 1.43 bits per heavy atom. The number of carbonyl (C=O) groups is 3. The van der Waals surface area contributed by atoms with E-state index in [9.17, 15) is 14.4 Å². The Morgan fingerprint density at radius 2 is 2.22 bits per heavy atom. The van der Waals surface area contributed by atoms with Gasteiger partial charge in [-0.05, 0) is 13.3 Å². The summed E-state index contributed by atoms with van der Waals surface area (Å²) in [4.78, 5) is 41.0. The first-order valence-electron chi connectivity index (χ1n) is 7.33. The lowest BCUT2D eigenvalue weighted by atomic mass is 10.0. The summed E-state index contributed by atoms with van der Waals surface area (Å²) in [5, 5.41) is 9.69. The average molecular weight is 339 g/mol. The van der Waals surface area contributed by atoms with Crippen LogP contribution in [0.4, 0.5) is 4.79 Å². The second-order valence-electron chi connectivity index (χ2n) is 5.76. The second-order valence-corrected chi connectivity index (χ2v) is 6.48. The van der Waals surface area contributed by atoms with E-state index in [1.54, 1.807) is 10.4 Å². The number of hydrogen-bond acceptors (Lipinski definition) is 5. The molecule has 2 heterocycles. The maximum Gasteiger partial charge on any atom is 0.314 e. The van der Waals surface area contributed by atoms with Crippen LogP contribution < -0.4 is 16.0 Å². The zero-order chi connectivity index (χ0) is 16.9. The van der Waals surface area contributed by atoms with Gasteiger partial charge in [0.05, 0.1) is 29.7 Å². The Morgan fingerprint density at radius 3 is 2.87 bits per heavy atom. The monoisotopic (exact) mass is 339 g/mol. The summed E-state index contributed by atoms with van der Waals surface area (Å²) >= 11 is 1.45. The highest BCUT2D eigenvalue weighted by molar-refractivity contribution is 7.07. The van der Waals surface area contributed by atoms with Gasteiger partial charge in [0.2, 0.25) is 11.8 Å². The molecule has 9 heteroatoms. The Hall–Kier alpha value is -2.16. The molecule has 0 bridgehead atoms. The normalized spacial score (nSPS) is 20.2. The van der Waals surface area contributed by atoms with Gasteiger partial charge in [-0.2, -0.15) is 0 Å². The second kappa shape index (κ2) is 7.40. The minimum atomic E-state index is -0.449. The summed E-state index contributed by atoms with van der Waals surface area (Å²) in [7, 11) is 1.49. The smallest absolute Gasteiger partial charge is 0.314 e. The van der Waals surface area contributed by atoms with Gasteiger partial charge in [0.15, 0.2) is 0 Å². The fraction of sp³-hybridized carbons (Fsp3) is 0.571. The number of nitrogens with zero attached hydrogens (tertiary/aromatic N) is 2. The molecule has 1 aromatic rings. The SMILES string of the molecule is CNC(=O)NCC(=O)N1CCC(C)(NC(=O)Cc2cscn2)C1. The molecule has 1 unspecified atom stereocenters. The Balaban J connectivity index is 1.81. The molecule has 1 atom stereocenters. The topological polar surface area (TPSA) is 103 Å². The lowest BCUT2D eigenvalue weighted by molar-refractivity contribution is -0.130. The predicted molar refractivity (Wildman–Crippen MR) is 86.0 cm³/mol. The van der Waals surface area contributed by atoms with E-state index in [2.05, 4.69) is 20.9 Å². The summed E-state index contributed by atoms with van der Waals surface area (Å²) < 4.78 is 0. The van der Waals surface area contributed by atoms with Crippen LogP contribution >= 0.6 is 11.3 Å². The molecule has 1 aliphatic rings. The van der Waals surface area contributed by atoms with Crippen molar-refractivity contribution in [2.24, 2.45) is 0 Å². The number of carbonyl (C=O) groups excluding carboxylic acids is 3. The number of amides is 4. The van der Waals surface area contributed by atoms with Crippen LogP contribution in [0.2, 0.25) is 0 Å². The molecule has 0 spiro atoms. The third-order valence-corrected chi connectivity index (χ3v) is 4.35. The molecule has 0 radical (unpaired) electrons. The van der Waals surface area contributed by atoms with E-state index in [0.29, 0.717) is 19.5 Å². The molecule has 0 saturated carbocycles. The highest BCUT2D eigenvalue weighted by atomic mass is 32.1. The summed E-state index contributed by atoms with van der Waals surface area (Å²) in [5.74, 6) is -0.262. The van der Waals surface area contributed by atoms with Gasteiger partial charge in [0.25, 0.3) is 0 Å². The Bertz CT molecular complexity index is 577. The molecule has 1 aliphatic heterocycles. The van der Waals surface area contributed by atoms with Crippen molar-refractivity contribution in [3.63, 3.8) is 0 Å². The molecular formula is C14H21N5O3S. The van der Waals surface area contributed by atoms with Crippen molar-refractivity contribution in [2.75, 3.05) is 26.7 Å². The van der Waals surface area contributed by atoms with Gasteiger partial charge >= 0.3 is 6.03 Å². The van der Waals surface area contributed by atoms with Crippen molar-refractivity contribution in [3.8, 4) is 0 Å². The number of rotatable bonds is 5. The number of likely N-dealkylation sites (tertiary alicyclic amines) is 1. The molecule has 4 amide bonds. The predicted octanol–water partition coefficient (Wildman–Crippen LogP) is -0.278. The number of hydrogen-bond donors (Lipinski definition) is 3. The van der Waals surface area contributed by atoms with Crippen molar-refractivity contribution in [3.05, 3.63) is 16.6 Å². The fourth-order valence-electron chi connectivity index (χ4n) is 2.50. The quantitative estimate of drug-likeness (QED) is 0.686. The lowest BCUT2D eigenvalue weighted by Crippen LogP contribution is -2.50. The van der Waals surface area contributed by atoms with E-state index in [-0.39, 0.29) is 24.8 Å². The molecule has 0 aliphatic carbocycles. The van der Waals surface area contributed by atoms with Crippen LogP contribution in [0.5, 0.6) is 0 Å². The van der Waals surface area contributed by atoms with E-state index < -0.39 is 11.6 Å². The minimum Gasteiger partial charge on any atom is -0.349 e. The van der Waals surface area contributed by atoms with Crippen LogP contribution in [0.3, 0.4) is 0 Å². The van der Waals surface area contributed by atoms with Gasteiger partial charge in [-0.15, -0.1) is 11.3 Å². The van der Waals surface area contributed by atoms with Crippen LogP contribution in [0.15, 0.2) is 10.9 Å². The summed E-state index contributed by atoms with van der Waals surface area (Å²) in [6, 6.07) is -0.392. The molecule has 1 saturated heterocycles. The van der Waals surface area contributed by atoms with Crippen molar-refractivity contribution in [1.29, 1.82) is 0 Å². The third-order valence-electron chi connectivity index (χ3n) is 3.72. The van der Waals surface area contributed by atoms with E-state index in [1.807, 2.05) is 12.3 Å². The van der Waals surface area contributed by atoms with Crippen LogP contribution in [0.25, 0.3) is 0 Å². The number of urea groups is 1. The van der Waals surface area contributed by atoms with Crippen molar-refractivity contribution in [1.82, 2.24) is 25.8 Å². The highest BCUT2D eigenvalue weighted by Gasteiger charge is 2.37. The lowest BCUT2D eigenvalue weighted by Gasteiger charge is -2.26. The Kier molecular flexibility index (Phi) is 5.54. The molecule has 8 nitrogen and oxygen atoms in total. The first kappa shape index (κ1) is 17.2. The zero-order valence-corrected chi connectivity index (χ0v) is 14.0. The maximum atomic E-state index is 12.1. The maximum absolute atomic E-state index is 12.1.